The summed E-state index contributed by atoms with van der Waals surface area (Å²) in [5, 5.41) is 2.30. The third-order valence-electron chi connectivity index (χ3n) is 7.41. The van der Waals surface area contributed by atoms with E-state index in [2.05, 4.69) is 10.3 Å². The number of carbonyl (C=O) groups is 2. The molecule has 8 nitrogen and oxygen atoms in total. The number of rotatable bonds is 6. The number of alkyl halides is 6. The van der Waals surface area contributed by atoms with Crippen LogP contribution in [-0.4, -0.2) is 73.7 Å². The van der Waals surface area contributed by atoms with Gasteiger partial charge in [0, 0.05) is 38.3 Å². The number of carbonyl (C=O) groups excluding carboxylic acids is 2. The number of amidine groups is 1. The van der Waals surface area contributed by atoms with Crippen LogP contribution in [0.25, 0.3) is 0 Å². The van der Waals surface area contributed by atoms with Crippen molar-refractivity contribution in [2.24, 2.45) is 4.99 Å². The first kappa shape index (κ1) is 31.5. The Morgan fingerprint density at radius 3 is 2.07 bits per heavy atom. The number of aliphatic imine (C=N–C) groups is 1. The Morgan fingerprint density at radius 1 is 1.00 bits per heavy atom. The number of nitrogens with zero attached hydrogens (tertiary/aromatic N) is 3. The SMILES string of the molecule is Cc1cc(C(=O)N(C)C)ccc1CCS(=O)(=O)N1CCC2(CC1)N=C(c1cc(C(F)(F)F)cc(C(F)(F)F)c1)NC2=O. The number of halogens is 6. The molecule has 1 spiro atoms. The zero-order chi connectivity index (χ0) is 31.3. The summed E-state index contributed by atoms with van der Waals surface area (Å²) in [6.07, 6.45) is -10.2. The van der Waals surface area contributed by atoms with Gasteiger partial charge in [-0.3, -0.25) is 14.6 Å². The fourth-order valence-corrected chi connectivity index (χ4v) is 6.43. The summed E-state index contributed by atoms with van der Waals surface area (Å²) in [5.74, 6) is -1.58. The van der Waals surface area contributed by atoms with Crippen molar-refractivity contribution in [3.05, 3.63) is 69.8 Å². The molecule has 2 heterocycles. The second-order valence-corrected chi connectivity index (χ2v) is 12.6. The quantitative estimate of drug-likeness (QED) is 0.495. The molecule has 2 amide bonds. The topological polar surface area (TPSA) is 99.2 Å². The minimum absolute atomic E-state index is 0.0148. The van der Waals surface area contributed by atoms with Crippen LogP contribution in [0.2, 0.25) is 0 Å². The van der Waals surface area contributed by atoms with Crippen LogP contribution in [0.4, 0.5) is 26.3 Å². The zero-order valence-electron chi connectivity index (χ0n) is 22.9. The largest absolute Gasteiger partial charge is 0.416 e. The summed E-state index contributed by atoms with van der Waals surface area (Å²) >= 11 is 0. The second-order valence-electron chi connectivity index (χ2n) is 10.5. The highest BCUT2D eigenvalue weighted by Crippen LogP contribution is 2.38. The minimum atomic E-state index is -5.07. The van der Waals surface area contributed by atoms with Gasteiger partial charge >= 0.3 is 12.4 Å². The van der Waals surface area contributed by atoms with Gasteiger partial charge in [0.05, 0.1) is 16.9 Å². The zero-order valence-corrected chi connectivity index (χ0v) is 23.7. The molecule has 0 unspecified atom stereocenters. The van der Waals surface area contributed by atoms with E-state index < -0.39 is 56.3 Å². The second kappa shape index (κ2) is 11.0. The van der Waals surface area contributed by atoms with Gasteiger partial charge in [-0.25, -0.2) is 12.7 Å². The Hall–Kier alpha value is -3.46. The molecule has 0 saturated carbocycles. The smallest absolute Gasteiger partial charge is 0.345 e. The van der Waals surface area contributed by atoms with E-state index in [1.54, 1.807) is 39.2 Å². The first-order valence-electron chi connectivity index (χ1n) is 12.8. The van der Waals surface area contributed by atoms with Crippen LogP contribution in [0, 0.1) is 6.92 Å². The van der Waals surface area contributed by atoms with Crippen LogP contribution in [0.1, 0.15) is 51.0 Å². The van der Waals surface area contributed by atoms with Crippen molar-refractivity contribution >= 4 is 27.7 Å². The van der Waals surface area contributed by atoms with Gasteiger partial charge in [-0.2, -0.15) is 26.3 Å². The lowest BCUT2D eigenvalue weighted by molar-refractivity contribution is -0.143. The Labute approximate surface area is 238 Å². The Bertz CT molecular complexity index is 1510. The van der Waals surface area contributed by atoms with Crippen molar-refractivity contribution in [3.8, 4) is 0 Å². The highest BCUT2D eigenvalue weighted by molar-refractivity contribution is 7.89. The number of aryl methyl sites for hydroxylation is 2. The lowest BCUT2D eigenvalue weighted by Crippen LogP contribution is -2.50. The molecule has 0 radical (unpaired) electrons. The van der Waals surface area contributed by atoms with E-state index in [0.717, 1.165) is 11.1 Å². The van der Waals surface area contributed by atoms with E-state index >= 15 is 0 Å². The van der Waals surface area contributed by atoms with Gasteiger partial charge in [0.1, 0.15) is 11.4 Å². The Kier molecular flexibility index (Phi) is 8.23. The van der Waals surface area contributed by atoms with Crippen molar-refractivity contribution in [3.63, 3.8) is 0 Å². The number of benzene rings is 2. The van der Waals surface area contributed by atoms with Crippen molar-refractivity contribution < 1.29 is 44.3 Å². The average Bonchev–Trinajstić information content (AvgIpc) is 3.21. The van der Waals surface area contributed by atoms with Gasteiger partial charge in [0.15, 0.2) is 0 Å². The van der Waals surface area contributed by atoms with Crippen LogP contribution in [-0.2, 0) is 33.6 Å². The maximum absolute atomic E-state index is 13.3. The summed E-state index contributed by atoms with van der Waals surface area (Å²) in [7, 11) is -0.539. The molecule has 1 saturated heterocycles. The molecular weight excluding hydrogens is 590 g/mol. The molecule has 0 aromatic heterocycles. The number of nitrogens with one attached hydrogen (secondary N) is 1. The van der Waals surface area contributed by atoms with Gasteiger partial charge in [0.2, 0.25) is 10.0 Å². The van der Waals surface area contributed by atoms with E-state index in [-0.39, 0.29) is 50.1 Å². The predicted octanol–water partition coefficient (Wildman–Crippen LogP) is 4.02. The maximum Gasteiger partial charge on any atom is 0.416 e. The summed E-state index contributed by atoms with van der Waals surface area (Å²) in [4.78, 5) is 30.7. The van der Waals surface area contributed by atoms with E-state index in [1.165, 1.54) is 9.21 Å². The monoisotopic (exact) mass is 618 g/mol. The first-order valence-corrected chi connectivity index (χ1v) is 14.4. The molecular formula is C27H28F6N4O4S. The van der Waals surface area contributed by atoms with Crippen LogP contribution in [0.5, 0.6) is 0 Å². The molecule has 4 rings (SSSR count). The number of sulfonamides is 1. The minimum Gasteiger partial charge on any atom is -0.345 e. The van der Waals surface area contributed by atoms with Crippen molar-refractivity contribution in [1.29, 1.82) is 0 Å². The molecule has 1 fully saturated rings. The maximum atomic E-state index is 13.3. The molecule has 228 valence electrons. The highest BCUT2D eigenvalue weighted by atomic mass is 32.2. The van der Waals surface area contributed by atoms with E-state index in [9.17, 15) is 44.3 Å². The molecule has 1 N–H and O–H groups in total. The molecule has 0 bridgehead atoms. The Balaban J connectivity index is 1.48. The van der Waals surface area contributed by atoms with Crippen LogP contribution >= 0.6 is 0 Å². The number of amides is 2. The van der Waals surface area contributed by atoms with Gasteiger partial charge in [0.25, 0.3) is 11.8 Å². The van der Waals surface area contributed by atoms with Gasteiger partial charge in [-0.05, 0) is 67.6 Å². The van der Waals surface area contributed by atoms with E-state index in [0.29, 0.717) is 17.7 Å². The van der Waals surface area contributed by atoms with Crippen LogP contribution in [0.15, 0.2) is 41.4 Å². The molecule has 42 heavy (non-hydrogen) atoms. The van der Waals surface area contributed by atoms with Crippen LogP contribution in [0.3, 0.4) is 0 Å². The third kappa shape index (κ3) is 6.46. The van der Waals surface area contributed by atoms with Gasteiger partial charge in [-0.1, -0.05) is 6.07 Å². The summed E-state index contributed by atoms with van der Waals surface area (Å²) in [6, 6.07) is 5.96. The number of piperidine rings is 1. The van der Waals surface area contributed by atoms with Gasteiger partial charge in [-0.15, -0.1) is 0 Å². The molecule has 0 aliphatic carbocycles. The van der Waals surface area contributed by atoms with Crippen LogP contribution < -0.4 is 5.32 Å². The summed E-state index contributed by atoms with van der Waals surface area (Å²) in [5.41, 5.74) is -3.18. The van der Waals surface area contributed by atoms with Gasteiger partial charge < -0.3 is 10.2 Å². The molecule has 15 heteroatoms. The normalized spacial score (nSPS) is 17.7. The predicted molar refractivity (Wildman–Crippen MR) is 141 cm³/mol. The van der Waals surface area contributed by atoms with Crippen molar-refractivity contribution in [1.82, 2.24) is 14.5 Å². The van der Waals surface area contributed by atoms with E-state index in [1.807, 2.05) is 0 Å². The first-order chi connectivity index (χ1) is 19.3. The van der Waals surface area contributed by atoms with Crippen molar-refractivity contribution in [2.75, 3.05) is 32.9 Å². The number of hydrogen-bond acceptors (Lipinski definition) is 5. The lowest BCUT2D eigenvalue weighted by atomic mass is 9.89. The Morgan fingerprint density at radius 2 is 1.57 bits per heavy atom. The summed E-state index contributed by atoms with van der Waals surface area (Å²) < 4.78 is 107. The fourth-order valence-electron chi connectivity index (χ4n) is 4.95. The average molecular weight is 619 g/mol. The molecule has 2 aliphatic rings. The summed E-state index contributed by atoms with van der Waals surface area (Å²) in [6.45, 7) is 1.55. The lowest BCUT2D eigenvalue weighted by Gasteiger charge is -2.34. The third-order valence-corrected chi connectivity index (χ3v) is 9.28. The van der Waals surface area contributed by atoms with Crippen molar-refractivity contribution in [2.45, 2.75) is 44.1 Å². The molecule has 2 aromatic rings. The number of hydrogen-bond donors (Lipinski definition) is 1. The molecule has 2 aliphatic heterocycles. The molecule has 2 aromatic carbocycles. The van der Waals surface area contributed by atoms with E-state index in [4.69, 9.17) is 0 Å². The fraction of sp³-hybridized carbons (Fsp3) is 0.444. The standard InChI is InChI=1S/C27H28F6N4O4S/c1-16-12-18(23(38)36(2)3)5-4-17(16)6-11-42(40,41)37-9-7-25(8-10-37)24(39)34-22(35-25)19-13-20(26(28,29)30)15-21(14-19)27(31,32)33/h4-5,12-15H,6-11H2,1-3H3,(H,34,35,39). The molecule has 0 atom stereocenters. The highest BCUT2D eigenvalue weighted by Gasteiger charge is 2.48.